The molecular weight excluding hydrogens is 324 g/mol. The number of thioether (sulfide) groups is 1. The van der Waals surface area contributed by atoms with Crippen LogP contribution in [0, 0.1) is 24.5 Å². The summed E-state index contributed by atoms with van der Waals surface area (Å²) in [4.78, 5) is 28.6. The Morgan fingerprint density at radius 2 is 2.22 bits per heavy atom. The highest BCUT2D eigenvalue weighted by Crippen LogP contribution is 2.26. The zero-order chi connectivity index (χ0) is 16.6. The van der Waals surface area contributed by atoms with Crippen LogP contribution >= 0.6 is 11.8 Å². The van der Waals surface area contributed by atoms with Crippen molar-refractivity contribution in [3.8, 4) is 0 Å². The van der Waals surface area contributed by atoms with Crippen molar-refractivity contribution >= 4 is 23.4 Å². The molecule has 0 unspecified atom stereocenters. The van der Waals surface area contributed by atoms with Crippen LogP contribution in [0.4, 0.5) is 14.5 Å². The molecule has 0 saturated heterocycles. The predicted molar refractivity (Wildman–Crippen MR) is 82.4 cm³/mol. The summed E-state index contributed by atoms with van der Waals surface area (Å²) in [5.41, 5.74) is 0.0871. The summed E-state index contributed by atoms with van der Waals surface area (Å²) in [5, 5.41) is 2.94. The summed E-state index contributed by atoms with van der Waals surface area (Å²) < 4.78 is 28.2. The molecule has 0 radical (unpaired) electrons. The first-order chi connectivity index (χ1) is 11.0. The molecule has 1 aromatic carbocycles. The Morgan fingerprint density at radius 1 is 1.43 bits per heavy atom. The van der Waals surface area contributed by atoms with Crippen LogP contribution in [0.5, 0.6) is 0 Å². The van der Waals surface area contributed by atoms with Crippen LogP contribution in [0.15, 0.2) is 34.3 Å². The van der Waals surface area contributed by atoms with E-state index in [2.05, 4.69) is 10.3 Å². The van der Waals surface area contributed by atoms with E-state index in [1.165, 1.54) is 22.5 Å². The van der Waals surface area contributed by atoms with E-state index in [4.69, 9.17) is 0 Å². The summed E-state index contributed by atoms with van der Waals surface area (Å²) in [6.07, 6.45) is 1.50. The van der Waals surface area contributed by atoms with E-state index in [1.54, 1.807) is 6.92 Å². The molecule has 5 nitrogen and oxygen atoms in total. The maximum absolute atomic E-state index is 13.6. The zero-order valence-electron chi connectivity index (χ0n) is 12.2. The van der Waals surface area contributed by atoms with Crippen molar-refractivity contribution in [3.05, 3.63) is 51.9 Å². The minimum absolute atomic E-state index is 0.165. The van der Waals surface area contributed by atoms with Gasteiger partial charge < -0.3 is 5.32 Å². The number of halogens is 2. The Labute approximate surface area is 134 Å². The van der Waals surface area contributed by atoms with Crippen molar-refractivity contribution in [2.24, 2.45) is 5.92 Å². The number of carbonyl (C=O) groups excluding carboxylic acids is 1. The van der Waals surface area contributed by atoms with Crippen molar-refractivity contribution < 1.29 is 13.6 Å². The largest absolute Gasteiger partial charge is 0.323 e. The lowest BCUT2D eigenvalue weighted by molar-refractivity contribution is -0.119. The summed E-state index contributed by atoms with van der Waals surface area (Å²) >= 11 is 1.29. The third-order valence-corrected chi connectivity index (χ3v) is 4.71. The first-order valence-electron chi connectivity index (χ1n) is 6.91. The van der Waals surface area contributed by atoms with Gasteiger partial charge in [-0.3, -0.25) is 14.2 Å². The normalized spacial score (nSPS) is 16.7. The van der Waals surface area contributed by atoms with Gasteiger partial charge in [0.25, 0.3) is 5.56 Å². The molecule has 8 heteroatoms. The molecule has 2 heterocycles. The van der Waals surface area contributed by atoms with Crippen LogP contribution in [0.1, 0.15) is 5.56 Å². The second kappa shape index (κ2) is 6.11. The number of nitrogens with zero attached hydrogens (tertiary/aromatic N) is 2. The van der Waals surface area contributed by atoms with Crippen molar-refractivity contribution in [1.29, 1.82) is 0 Å². The highest BCUT2D eigenvalue weighted by Gasteiger charge is 2.27. The molecule has 0 spiro atoms. The lowest BCUT2D eigenvalue weighted by atomic mass is 10.1. The number of anilines is 1. The fourth-order valence-electron chi connectivity index (χ4n) is 2.29. The second-order valence-corrected chi connectivity index (χ2v) is 6.25. The van der Waals surface area contributed by atoms with Crippen LogP contribution < -0.4 is 10.9 Å². The fourth-order valence-corrected chi connectivity index (χ4v) is 3.34. The van der Waals surface area contributed by atoms with Crippen molar-refractivity contribution in [2.45, 2.75) is 18.6 Å². The van der Waals surface area contributed by atoms with Crippen LogP contribution in [-0.4, -0.2) is 21.2 Å². The summed E-state index contributed by atoms with van der Waals surface area (Å²) in [5.74, 6) is -1.92. The van der Waals surface area contributed by atoms with Gasteiger partial charge in [0.15, 0.2) is 5.16 Å². The van der Waals surface area contributed by atoms with Crippen molar-refractivity contribution in [2.75, 3.05) is 11.1 Å². The minimum atomic E-state index is -0.710. The molecule has 23 heavy (non-hydrogen) atoms. The van der Waals surface area contributed by atoms with E-state index in [0.29, 0.717) is 16.5 Å². The molecule has 0 fully saturated rings. The molecule has 2 aromatic rings. The van der Waals surface area contributed by atoms with E-state index in [9.17, 15) is 18.4 Å². The van der Waals surface area contributed by atoms with Gasteiger partial charge in [-0.25, -0.2) is 13.8 Å². The van der Waals surface area contributed by atoms with E-state index in [0.717, 1.165) is 18.2 Å². The lowest BCUT2D eigenvalue weighted by Crippen LogP contribution is -2.37. The fraction of sp³-hybridized carbons (Fsp3) is 0.267. The van der Waals surface area contributed by atoms with E-state index in [-0.39, 0.29) is 17.8 Å². The average molecular weight is 337 g/mol. The third-order valence-electron chi connectivity index (χ3n) is 3.56. The Morgan fingerprint density at radius 3 is 3.00 bits per heavy atom. The molecule has 3 rings (SSSR count). The number of carbonyl (C=O) groups is 1. The third kappa shape index (κ3) is 3.12. The van der Waals surface area contributed by atoms with Gasteiger partial charge >= 0.3 is 0 Å². The number of rotatable bonds is 2. The molecule has 1 N–H and O–H groups in total. The number of benzene rings is 1. The lowest BCUT2D eigenvalue weighted by Gasteiger charge is -2.24. The van der Waals surface area contributed by atoms with E-state index >= 15 is 0 Å². The highest BCUT2D eigenvalue weighted by molar-refractivity contribution is 7.99. The number of fused-ring (bicyclic) bond motifs is 1. The average Bonchev–Trinajstić information content (AvgIpc) is 2.54. The van der Waals surface area contributed by atoms with Crippen molar-refractivity contribution in [1.82, 2.24) is 9.55 Å². The molecule has 0 aliphatic carbocycles. The Bertz CT molecular complexity index is 838. The first-order valence-corrected chi connectivity index (χ1v) is 7.89. The van der Waals surface area contributed by atoms with Crippen LogP contribution in [0.3, 0.4) is 0 Å². The van der Waals surface area contributed by atoms with Crippen molar-refractivity contribution in [3.63, 3.8) is 0 Å². The second-order valence-electron chi connectivity index (χ2n) is 5.26. The topological polar surface area (TPSA) is 64.0 Å². The maximum Gasteiger partial charge on any atom is 0.257 e. The first kappa shape index (κ1) is 15.7. The van der Waals surface area contributed by atoms with E-state index < -0.39 is 23.5 Å². The Hall–Kier alpha value is -2.22. The number of aromatic nitrogens is 2. The number of nitrogens with one attached hydrogen (secondary N) is 1. The molecule has 1 amide bonds. The number of amides is 1. The zero-order valence-corrected chi connectivity index (χ0v) is 13.0. The molecule has 1 aliphatic rings. The van der Waals surface area contributed by atoms with Gasteiger partial charge in [0.05, 0.1) is 11.6 Å². The standard InChI is InChI=1S/C15H13F2N3O2S/c1-8-5-18-15-20(14(8)22)6-9(7-23-15)13(21)19-12-4-10(16)2-3-11(12)17/h2-5,9H,6-7H2,1H3,(H,19,21)/t9-/m1/s1. The SMILES string of the molecule is Cc1cnc2n(c1=O)C[C@@H](C(=O)Nc1cc(F)ccc1F)CS2. The predicted octanol–water partition coefficient (Wildman–Crippen LogP) is 2.19. The molecule has 1 aliphatic heterocycles. The number of hydrogen-bond donors (Lipinski definition) is 1. The van der Waals surface area contributed by atoms with Gasteiger partial charge in [-0.05, 0) is 19.1 Å². The van der Waals surface area contributed by atoms with Gasteiger partial charge in [0, 0.05) is 30.1 Å². The summed E-state index contributed by atoms with van der Waals surface area (Å²) in [7, 11) is 0. The molecule has 0 saturated carbocycles. The smallest absolute Gasteiger partial charge is 0.257 e. The number of aryl methyl sites for hydroxylation is 1. The Kier molecular flexibility index (Phi) is 4.16. The quantitative estimate of drug-likeness (QED) is 0.853. The van der Waals surface area contributed by atoms with Crippen LogP contribution in [-0.2, 0) is 11.3 Å². The van der Waals surface area contributed by atoms with Gasteiger partial charge in [-0.2, -0.15) is 0 Å². The highest BCUT2D eigenvalue weighted by atomic mass is 32.2. The molecule has 120 valence electrons. The summed E-state index contributed by atoms with van der Waals surface area (Å²) in [6.45, 7) is 1.82. The molecular formula is C15H13F2N3O2S. The van der Waals surface area contributed by atoms with Crippen LogP contribution in [0.25, 0.3) is 0 Å². The van der Waals surface area contributed by atoms with Crippen LogP contribution in [0.2, 0.25) is 0 Å². The van der Waals surface area contributed by atoms with Gasteiger partial charge in [0.1, 0.15) is 11.6 Å². The van der Waals surface area contributed by atoms with Gasteiger partial charge in [-0.15, -0.1) is 0 Å². The van der Waals surface area contributed by atoms with Gasteiger partial charge in [0.2, 0.25) is 5.91 Å². The Balaban J connectivity index is 1.80. The molecule has 1 atom stereocenters. The minimum Gasteiger partial charge on any atom is -0.323 e. The number of hydrogen-bond acceptors (Lipinski definition) is 4. The van der Waals surface area contributed by atoms with E-state index in [1.807, 2.05) is 0 Å². The summed E-state index contributed by atoms with van der Waals surface area (Å²) in [6, 6.07) is 2.86. The van der Waals surface area contributed by atoms with Gasteiger partial charge in [-0.1, -0.05) is 11.8 Å². The monoisotopic (exact) mass is 337 g/mol. The molecule has 0 bridgehead atoms. The molecule has 1 aromatic heterocycles. The maximum atomic E-state index is 13.6.